The summed E-state index contributed by atoms with van der Waals surface area (Å²) in [6.45, 7) is 2.67. The van der Waals surface area contributed by atoms with Crippen molar-refractivity contribution in [2.24, 2.45) is 0 Å². The molecule has 1 rings (SSSR count). The summed E-state index contributed by atoms with van der Waals surface area (Å²) in [6, 6.07) is 5.29. The van der Waals surface area contributed by atoms with E-state index in [1.165, 1.54) is 0 Å². The van der Waals surface area contributed by atoms with Gasteiger partial charge in [0.25, 0.3) is 5.91 Å². The highest BCUT2D eigenvalue weighted by Crippen LogP contribution is 2.16. The van der Waals surface area contributed by atoms with Crippen molar-refractivity contribution < 1.29 is 19.8 Å². The first-order valence-electron chi connectivity index (χ1n) is 5.25. The molecule has 6 heteroatoms. The Hall–Kier alpha value is -1.15. The van der Waals surface area contributed by atoms with E-state index in [9.17, 15) is 14.7 Å². The number of carboxylic acid groups (broad SMARTS) is 1. The van der Waals surface area contributed by atoms with Gasteiger partial charge in [-0.1, -0.05) is 12.1 Å². The number of hydrogen-bond acceptors (Lipinski definition) is 3. The predicted octanol–water partition coefficient (Wildman–Crippen LogP) is 1.17. The number of benzene rings is 1. The minimum absolute atomic E-state index is 0.342. The van der Waals surface area contributed by atoms with Gasteiger partial charge in [0, 0.05) is 3.57 Å². The lowest BCUT2D eigenvalue weighted by Crippen LogP contribution is -2.46. The average molecular weight is 363 g/mol. The lowest BCUT2D eigenvalue weighted by atomic mass is 10.1. The Morgan fingerprint density at radius 3 is 2.61 bits per heavy atom. The molecule has 1 amide bonds. The first kappa shape index (κ1) is 14.9. The summed E-state index contributed by atoms with van der Waals surface area (Å²) in [5.41, 5.74) is -0.532. The quantitative estimate of drug-likeness (QED) is 0.701. The molecular weight excluding hydrogens is 349 g/mol. The number of aliphatic hydroxyl groups is 1. The van der Waals surface area contributed by atoms with E-state index in [4.69, 9.17) is 5.11 Å². The number of halogens is 1. The van der Waals surface area contributed by atoms with Crippen LogP contribution < -0.4 is 5.32 Å². The number of carbonyl (C=O) groups is 2. The van der Waals surface area contributed by atoms with Crippen LogP contribution in [0.1, 0.15) is 22.8 Å². The lowest BCUT2D eigenvalue weighted by Gasteiger charge is -2.18. The van der Waals surface area contributed by atoms with Crippen LogP contribution in [0.5, 0.6) is 0 Å². The summed E-state index contributed by atoms with van der Waals surface area (Å²) in [6.07, 6.45) is 0. The zero-order valence-electron chi connectivity index (χ0n) is 10.0. The molecule has 0 heterocycles. The van der Waals surface area contributed by atoms with Gasteiger partial charge in [-0.05, 0) is 48.1 Å². The smallest absolute Gasteiger partial charge is 0.337 e. The summed E-state index contributed by atoms with van der Waals surface area (Å²) in [7, 11) is 0. The molecule has 1 aromatic carbocycles. The van der Waals surface area contributed by atoms with Crippen molar-refractivity contribution in [3.63, 3.8) is 0 Å². The second-order valence-corrected chi connectivity index (χ2v) is 5.28. The highest BCUT2D eigenvalue weighted by Gasteiger charge is 2.30. The summed E-state index contributed by atoms with van der Waals surface area (Å²) < 4.78 is 0.808. The molecule has 1 aromatic rings. The van der Waals surface area contributed by atoms with Gasteiger partial charge in [-0.15, -0.1) is 0 Å². The Bertz CT molecular complexity index is 485. The fraction of sp³-hybridized carbons (Fsp3) is 0.333. The zero-order valence-corrected chi connectivity index (χ0v) is 12.2. The van der Waals surface area contributed by atoms with E-state index in [1.54, 1.807) is 12.1 Å². The zero-order chi connectivity index (χ0) is 13.9. The second-order valence-electron chi connectivity index (χ2n) is 4.20. The van der Waals surface area contributed by atoms with Crippen molar-refractivity contribution in [1.82, 2.24) is 5.32 Å². The van der Waals surface area contributed by atoms with Crippen molar-refractivity contribution in [3.8, 4) is 0 Å². The fourth-order valence-corrected chi connectivity index (χ4v) is 1.85. The normalized spacial score (nSPS) is 13.8. The van der Waals surface area contributed by atoms with Crippen LogP contribution in [0.3, 0.4) is 0 Å². The number of rotatable bonds is 4. The molecular formula is C12H14INO4. The number of aliphatic carboxylic acids is 1. The molecule has 1 atom stereocenters. The molecule has 1 unspecified atom stereocenters. The van der Waals surface area contributed by atoms with Crippen LogP contribution in [0, 0.1) is 10.5 Å². The van der Waals surface area contributed by atoms with Crippen LogP contribution in [0.4, 0.5) is 0 Å². The Balaban J connectivity index is 2.78. The van der Waals surface area contributed by atoms with Crippen LogP contribution in [0.2, 0.25) is 0 Å². The largest absolute Gasteiger partial charge is 0.479 e. The summed E-state index contributed by atoms with van der Waals surface area (Å²) in [5.74, 6) is -1.77. The molecule has 0 aliphatic heterocycles. The predicted molar refractivity (Wildman–Crippen MR) is 74.5 cm³/mol. The number of amides is 1. The van der Waals surface area contributed by atoms with Crippen molar-refractivity contribution in [1.29, 1.82) is 0 Å². The van der Waals surface area contributed by atoms with E-state index in [1.807, 2.05) is 13.0 Å². The summed E-state index contributed by atoms with van der Waals surface area (Å²) in [4.78, 5) is 22.6. The minimum Gasteiger partial charge on any atom is -0.479 e. The molecule has 18 heavy (non-hydrogen) atoms. The summed E-state index contributed by atoms with van der Waals surface area (Å²) in [5, 5.41) is 20.6. The number of aryl methyl sites for hydroxylation is 1. The van der Waals surface area contributed by atoms with Crippen LogP contribution in [0.15, 0.2) is 18.2 Å². The molecule has 0 bridgehead atoms. The Kier molecular flexibility index (Phi) is 4.69. The van der Waals surface area contributed by atoms with Crippen molar-refractivity contribution in [2.45, 2.75) is 19.4 Å². The van der Waals surface area contributed by atoms with Crippen LogP contribution in [-0.4, -0.2) is 34.2 Å². The second kappa shape index (κ2) is 5.66. The molecule has 0 spiro atoms. The fourth-order valence-electron chi connectivity index (χ4n) is 1.25. The van der Waals surface area contributed by atoms with Gasteiger partial charge in [0.15, 0.2) is 5.60 Å². The first-order chi connectivity index (χ1) is 8.25. The molecule has 0 saturated heterocycles. The van der Waals surface area contributed by atoms with Gasteiger partial charge in [0.1, 0.15) is 0 Å². The van der Waals surface area contributed by atoms with Crippen molar-refractivity contribution in [2.75, 3.05) is 6.54 Å². The van der Waals surface area contributed by atoms with E-state index in [0.29, 0.717) is 5.56 Å². The van der Waals surface area contributed by atoms with E-state index < -0.39 is 17.5 Å². The third kappa shape index (κ3) is 3.42. The van der Waals surface area contributed by atoms with Gasteiger partial charge in [-0.2, -0.15) is 0 Å². The molecule has 0 radical (unpaired) electrons. The standard InChI is InChI=1S/C12H14INO4/c1-7-4-3-5-8(9(7)13)10(15)14-6-12(2,18)11(16)17/h3-5,18H,6H2,1-2H3,(H,14,15)(H,16,17). The Morgan fingerprint density at radius 2 is 2.06 bits per heavy atom. The molecule has 5 nitrogen and oxygen atoms in total. The first-order valence-corrected chi connectivity index (χ1v) is 6.32. The molecule has 0 saturated carbocycles. The maximum Gasteiger partial charge on any atom is 0.337 e. The van der Waals surface area contributed by atoms with Crippen LogP contribution in [0.25, 0.3) is 0 Å². The molecule has 0 aromatic heterocycles. The topological polar surface area (TPSA) is 86.6 Å². The van der Waals surface area contributed by atoms with E-state index in [0.717, 1.165) is 16.1 Å². The van der Waals surface area contributed by atoms with Crippen molar-refractivity contribution in [3.05, 3.63) is 32.9 Å². The highest BCUT2D eigenvalue weighted by atomic mass is 127. The van der Waals surface area contributed by atoms with E-state index in [2.05, 4.69) is 27.9 Å². The molecule has 0 aliphatic rings. The van der Waals surface area contributed by atoms with E-state index >= 15 is 0 Å². The summed E-state index contributed by atoms with van der Waals surface area (Å²) >= 11 is 2.05. The molecule has 0 aliphatic carbocycles. The monoisotopic (exact) mass is 363 g/mol. The van der Waals surface area contributed by atoms with Crippen molar-refractivity contribution >= 4 is 34.5 Å². The van der Waals surface area contributed by atoms with Crippen LogP contribution >= 0.6 is 22.6 Å². The molecule has 98 valence electrons. The van der Waals surface area contributed by atoms with Crippen LogP contribution in [-0.2, 0) is 4.79 Å². The Morgan fingerprint density at radius 1 is 1.44 bits per heavy atom. The Labute approximate surface area is 118 Å². The SMILES string of the molecule is Cc1cccc(C(=O)NCC(C)(O)C(=O)O)c1I. The number of carboxylic acids is 1. The van der Waals surface area contributed by atoms with Gasteiger partial charge in [0.2, 0.25) is 0 Å². The number of nitrogens with one attached hydrogen (secondary N) is 1. The van der Waals surface area contributed by atoms with E-state index in [-0.39, 0.29) is 6.54 Å². The average Bonchev–Trinajstić information content (AvgIpc) is 2.29. The number of hydrogen-bond donors (Lipinski definition) is 3. The third-order valence-electron chi connectivity index (χ3n) is 2.49. The van der Waals surface area contributed by atoms with Gasteiger partial charge >= 0.3 is 5.97 Å². The van der Waals surface area contributed by atoms with Gasteiger partial charge in [-0.3, -0.25) is 4.79 Å². The molecule has 3 N–H and O–H groups in total. The lowest BCUT2D eigenvalue weighted by molar-refractivity contribution is -0.155. The minimum atomic E-state index is -1.97. The maximum absolute atomic E-state index is 11.9. The molecule has 0 fully saturated rings. The number of carbonyl (C=O) groups excluding carboxylic acids is 1. The third-order valence-corrected chi connectivity index (χ3v) is 3.92. The van der Waals surface area contributed by atoms with Gasteiger partial charge in [0.05, 0.1) is 12.1 Å². The van der Waals surface area contributed by atoms with Gasteiger partial charge < -0.3 is 15.5 Å². The van der Waals surface area contributed by atoms with Gasteiger partial charge in [-0.25, -0.2) is 4.79 Å². The highest BCUT2D eigenvalue weighted by molar-refractivity contribution is 14.1. The maximum atomic E-state index is 11.9.